The largest absolute Gasteiger partial charge is 1.00 e. The molecule has 0 heterocycles. The van der Waals surface area contributed by atoms with Gasteiger partial charge in [0.15, 0.2) is 0 Å². The second-order valence-corrected chi connectivity index (χ2v) is 0. The van der Waals surface area contributed by atoms with Gasteiger partial charge >= 0.3 is 2.85 Å². The standard InChI is InChI=1S/4ClH.2H3N/h4*1H;2*1H3. The van der Waals surface area contributed by atoms with Crippen molar-refractivity contribution in [3.05, 3.63) is 0 Å². The fraction of sp³-hybridized carbons (Fsp3) is 0. The predicted molar refractivity (Wildman–Crippen MR) is 26.8 cm³/mol. The smallest absolute Gasteiger partial charge is 1.00 e. The van der Waals surface area contributed by atoms with Gasteiger partial charge in [0.05, 0.1) is 0 Å². The topological polar surface area (TPSA) is 70.0 Å². The first-order valence-corrected chi connectivity index (χ1v) is 0. The first-order valence-electron chi connectivity index (χ1n) is 0. The van der Waals surface area contributed by atoms with Crippen LogP contribution < -0.4 is 37.1 Å². The van der Waals surface area contributed by atoms with E-state index in [1.54, 1.807) is 0 Å². The molecule has 0 aromatic rings. The van der Waals surface area contributed by atoms with E-state index in [1.165, 1.54) is 0 Å². The van der Waals surface area contributed by atoms with E-state index in [-0.39, 0.29) is 64.8 Å². The van der Waals surface area contributed by atoms with Gasteiger partial charge in [-0.1, -0.05) is 0 Å². The lowest BCUT2D eigenvalue weighted by Crippen LogP contribution is -3.00. The van der Waals surface area contributed by atoms with E-state index >= 15 is 0 Å². The third kappa shape index (κ3) is 72.5. The van der Waals surface area contributed by atoms with E-state index in [9.17, 15) is 0 Å². The highest BCUT2D eigenvalue weighted by molar-refractivity contribution is 5.85. The van der Waals surface area contributed by atoms with Crippen molar-refractivity contribution in [3.8, 4) is 0 Å². The Hall–Kier alpha value is 1.08. The molecule has 0 aromatic carbocycles. The zero-order chi connectivity index (χ0) is 0. The zero-order valence-corrected chi connectivity index (χ0v) is 6.13. The summed E-state index contributed by atoms with van der Waals surface area (Å²) in [5, 5.41) is 0. The third-order valence-corrected chi connectivity index (χ3v) is 0. The molecule has 0 spiro atoms. The van der Waals surface area contributed by atoms with Gasteiger partial charge in [0.25, 0.3) is 0 Å². The fourth-order valence-electron chi connectivity index (χ4n) is 0. The van der Waals surface area contributed by atoms with Gasteiger partial charge in [-0.05, 0) is 0 Å². The molecule has 2 nitrogen and oxygen atoms in total. The van der Waals surface area contributed by atoms with E-state index in [1.807, 2.05) is 0 Å². The van der Waals surface area contributed by atoms with E-state index in [0.717, 1.165) is 0 Å². The summed E-state index contributed by atoms with van der Waals surface area (Å²) in [4.78, 5) is 0. The molecule has 0 rings (SSSR count). The lowest BCUT2D eigenvalue weighted by Gasteiger charge is -1.00. The Kier molecular flexibility index (Phi) is 5030. The highest BCUT2D eigenvalue weighted by Gasteiger charge is -0.146. The maximum Gasteiger partial charge on any atom is 1.00 e. The van der Waals surface area contributed by atoms with Crippen LogP contribution in [0.2, 0.25) is 0 Å². The molecule has 0 atom stereocenters. The molecule has 0 unspecified atom stereocenters. The maximum absolute atomic E-state index is 0. The summed E-state index contributed by atoms with van der Waals surface area (Å²) in [6, 6.07) is 0. The van der Waals surface area contributed by atoms with Gasteiger partial charge in [-0.2, -0.15) is 0 Å². The summed E-state index contributed by atoms with van der Waals surface area (Å²) >= 11 is 0. The number of rotatable bonds is 0. The molecular weight excluding hydrogens is 170 g/mol. The second kappa shape index (κ2) is 135. The zero-order valence-electron chi connectivity index (χ0n) is 4.99. The normalized spacial score (nSPS) is 0. The Labute approximate surface area is 65.2 Å². The van der Waals surface area contributed by atoms with Crippen molar-refractivity contribution in [2.24, 2.45) is 0 Å². The fourth-order valence-corrected chi connectivity index (χ4v) is 0. The molecule has 0 aromatic heterocycles. The number of hydrogen-bond donors (Lipinski definition) is 2. The summed E-state index contributed by atoms with van der Waals surface area (Å²) in [5.74, 6) is 0. The van der Waals surface area contributed by atoms with Crippen LogP contribution >= 0.6 is 24.8 Å². The molecule has 0 saturated heterocycles. The van der Waals surface area contributed by atoms with Crippen LogP contribution in [0, 0.1) is 0 Å². The average Bonchev–Trinajstić information content (AvgIpc) is 0. The summed E-state index contributed by atoms with van der Waals surface area (Å²) < 4.78 is 0. The lowest BCUT2D eigenvalue weighted by molar-refractivity contribution is -0.001000. The van der Waals surface area contributed by atoms with E-state index < -0.39 is 0 Å². The first kappa shape index (κ1) is 224. The minimum Gasteiger partial charge on any atom is -1.00 e. The molecule has 0 saturated carbocycles. The Morgan fingerprint density at radius 3 is 0.667 bits per heavy atom. The maximum atomic E-state index is 0. The quantitative estimate of drug-likeness (QED) is 0.393. The average molecular weight is 180 g/mol. The Morgan fingerprint density at radius 2 is 0.667 bits per heavy atom. The van der Waals surface area contributed by atoms with Crippen molar-refractivity contribution >= 4 is 24.8 Å². The molecule has 0 aliphatic carbocycles. The van der Waals surface area contributed by atoms with Crippen LogP contribution in [-0.4, -0.2) is 0 Å². The highest BCUT2D eigenvalue weighted by Crippen LogP contribution is 0.691. The molecule has 0 bridgehead atoms. The summed E-state index contributed by atoms with van der Waals surface area (Å²) in [5.41, 5.74) is 0. The first-order chi connectivity index (χ1) is 0. The Balaban J connectivity index is 0. The lowest BCUT2D eigenvalue weighted by atomic mass is 14.0. The highest BCUT2D eigenvalue weighted by atomic mass is 35.5. The molecule has 6 heavy (non-hydrogen) atoms. The van der Waals surface area contributed by atoms with E-state index in [2.05, 4.69) is 0 Å². The SMILES string of the molecule is Cl.Cl.N.N.[Cl-].[Cl-].[H+].[H+]. The number of halogens is 4. The molecular formula is H10Cl4N2. The molecule has 6 N–H and O–H groups in total. The van der Waals surface area contributed by atoms with Crippen LogP contribution in [-0.2, 0) is 0 Å². The Morgan fingerprint density at radius 1 is 0.667 bits per heavy atom. The van der Waals surface area contributed by atoms with Crippen molar-refractivity contribution < 1.29 is 27.7 Å². The van der Waals surface area contributed by atoms with Crippen molar-refractivity contribution in [2.75, 3.05) is 0 Å². The minimum atomic E-state index is 0. The van der Waals surface area contributed by atoms with Crippen LogP contribution in [0.15, 0.2) is 0 Å². The number of hydrogen-bond acceptors (Lipinski definition) is 2. The van der Waals surface area contributed by atoms with Gasteiger partial charge in [-0.15, -0.1) is 24.8 Å². The van der Waals surface area contributed by atoms with Crippen LogP contribution in [0.5, 0.6) is 0 Å². The second-order valence-electron chi connectivity index (χ2n) is 0. The summed E-state index contributed by atoms with van der Waals surface area (Å²) in [7, 11) is 0. The molecule has 0 aliphatic rings. The van der Waals surface area contributed by atoms with Crippen molar-refractivity contribution in [1.82, 2.24) is 12.3 Å². The van der Waals surface area contributed by atoms with Crippen molar-refractivity contribution in [1.29, 1.82) is 0 Å². The molecule has 6 heteroatoms. The molecule has 0 aliphatic heterocycles. The van der Waals surface area contributed by atoms with Gasteiger partial charge in [-0.3, -0.25) is 0 Å². The van der Waals surface area contributed by atoms with Crippen molar-refractivity contribution in [2.45, 2.75) is 0 Å². The van der Waals surface area contributed by atoms with Crippen LogP contribution in [0.4, 0.5) is 0 Å². The van der Waals surface area contributed by atoms with E-state index in [4.69, 9.17) is 0 Å². The summed E-state index contributed by atoms with van der Waals surface area (Å²) in [6.45, 7) is 0. The van der Waals surface area contributed by atoms with Gasteiger partial charge in [-0.25, -0.2) is 0 Å². The summed E-state index contributed by atoms with van der Waals surface area (Å²) in [6.07, 6.45) is 0. The molecule has 0 fully saturated rings. The molecule has 48 valence electrons. The van der Waals surface area contributed by atoms with Gasteiger partial charge < -0.3 is 37.1 Å². The van der Waals surface area contributed by atoms with E-state index in [0.29, 0.717) is 0 Å². The van der Waals surface area contributed by atoms with Gasteiger partial charge in [0, 0.05) is 0 Å². The van der Waals surface area contributed by atoms with Crippen molar-refractivity contribution in [3.63, 3.8) is 0 Å². The van der Waals surface area contributed by atoms with Gasteiger partial charge in [0.2, 0.25) is 0 Å². The van der Waals surface area contributed by atoms with Crippen LogP contribution in [0.25, 0.3) is 0 Å². The molecule has 0 radical (unpaired) electrons. The minimum absolute atomic E-state index is 0. The Bertz CT molecular complexity index is 12.0. The van der Waals surface area contributed by atoms with Crippen LogP contribution in [0.1, 0.15) is 2.85 Å². The van der Waals surface area contributed by atoms with Crippen LogP contribution in [0.3, 0.4) is 0 Å². The van der Waals surface area contributed by atoms with Gasteiger partial charge in [0.1, 0.15) is 0 Å². The monoisotopic (exact) mass is 178 g/mol. The molecule has 0 amide bonds. The predicted octanol–water partition coefficient (Wildman–Crippen LogP) is -4.60. The third-order valence-electron chi connectivity index (χ3n) is 0.